The lowest BCUT2D eigenvalue weighted by atomic mass is 10.1. The normalized spacial score (nSPS) is 10.7. The maximum absolute atomic E-state index is 12.5. The predicted octanol–water partition coefficient (Wildman–Crippen LogP) is 3.58. The summed E-state index contributed by atoms with van der Waals surface area (Å²) in [5.41, 5.74) is 0.172. The van der Waals surface area contributed by atoms with Gasteiger partial charge in [0.15, 0.2) is 0 Å². The van der Waals surface area contributed by atoms with E-state index in [1.165, 1.54) is 7.11 Å². The summed E-state index contributed by atoms with van der Waals surface area (Å²) >= 11 is 8.66. The molecule has 0 atom stereocenters. The van der Waals surface area contributed by atoms with E-state index in [9.17, 15) is 8.78 Å². The van der Waals surface area contributed by atoms with E-state index in [4.69, 9.17) is 16.3 Å². The van der Waals surface area contributed by atoms with E-state index in [1.807, 2.05) is 0 Å². The Labute approximate surface area is 93.4 Å². The molecule has 0 amide bonds. The molecule has 0 saturated carbocycles. The van der Waals surface area contributed by atoms with Crippen molar-refractivity contribution < 1.29 is 13.5 Å². The summed E-state index contributed by atoms with van der Waals surface area (Å²) in [5, 5.41) is 0.252. The van der Waals surface area contributed by atoms with Crippen LogP contribution in [0, 0.1) is 0 Å². The van der Waals surface area contributed by atoms with Crippen molar-refractivity contribution in [3.63, 3.8) is 0 Å². The maximum atomic E-state index is 12.5. The fraction of sp³-hybridized carbons (Fsp3) is 0.375. The van der Waals surface area contributed by atoms with E-state index < -0.39 is 6.43 Å². The molecule has 14 heavy (non-hydrogen) atoms. The summed E-state index contributed by atoms with van der Waals surface area (Å²) in [6, 6.07) is 1.14. The predicted molar refractivity (Wildman–Crippen MR) is 53.4 cm³/mol. The van der Waals surface area contributed by atoms with Crippen LogP contribution in [0.4, 0.5) is 8.78 Å². The van der Waals surface area contributed by atoms with E-state index in [0.717, 1.165) is 6.07 Å². The molecule has 1 aromatic heterocycles. The van der Waals surface area contributed by atoms with Crippen LogP contribution in [0.3, 0.4) is 0 Å². The number of methoxy groups -OCH3 is 1. The fourth-order valence-corrected chi connectivity index (χ4v) is 1.79. The van der Waals surface area contributed by atoms with Crippen molar-refractivity contribution in [1.29, 1.82) is 0 Å². The van der Waals surface area contributed by atoms with E-state index in [0.29, 0.717) is 5.56 Å². The van der Waals surface area contributed by atoms with Gasteiger partial charge in [-0.25, -0.2) is 13.8 Å². The van der Waals surface area contributed by atoms with Gasteiger partial charge in [-0.05, 0) is 6.07 Å². The largest absolute Gasteiger partial charge is 0.481 e. The number of rotatable bonds is 3. The first-order valence-corrected chi connectivity index (χ1v) is 5.17. The molecule has 1 aromatic rings. The Kier molecular flexibility index (Phi) is 4.07. The Morgan fingerprint density at radius 2 is 2.29 bits per heavy atom. The summed E-state index contributed by atoms with van der Waals surface area (Å²) < 4.78 is 29.9. The summed E-state index contributed by atoms with van der Waals surface area (Å²) in [6.07, 6.45) is -2.59. The molecule has 0 bridgehead atoms. The molecule has 2 nitrogen and oxygen atoms in total. The Balaban J connectivity index is 3.31. The van der Waals surface area contributed by atoms with E-state index in [2.05, 4.69) is 20.9 Å². The molecule has 6 heteroatoms. The zero-order valence-electron chi connectivity index (χ0n) is 7.23. The lowest BCUT2D eigenvalue weighted by Gasteiger charge is -2.10. The Hall–Kier alpha value is -0.420. The van der Waals surface area contributed by atoms with E-state index in [-0.39, 0.29) is 21.9 Å². The highest BCUT2D eigenvalue weighted by molar-refractivity contribution is 9.08. The number of halogens is 4. The van der Waals surface area contributed by atoms with Crippen LogP contribution in [0.25, 0.3) is 0 Å². The second kappa shape index (κ2) is 4.89. The molecule has 0 aliphatic rings. The topological polar surface area (TPSA) is 22.1 Å². The Bertz CT molecular complexity index is 335. The third-order valence-electron chi connectivity index (χ3n) is 1.65. The quantitative estimate of drug-likeness (QED) is 0.626. The van der Waals surface area contributed by atoms with Crippen LogP contribution in [-0.2, 0) is 5.33 Å². The molecule has 0 radical (unpaired) electrons. The van der Waals surface area contributed by atoms with Crippen LogP contribution in [0.15, 0.2) is 6.07 Å². The van der Waals surface area contributed by atoms with Gasteiger partial charge in [-0.1, -0.05) is 27.5 Å². The van der Waals surface area contributed by atoms with Crippen molar-refractivity contribution in [2.75, 3.05) is 7.11 Å². The number of aromatic nitrogens is 1. The third kappa shape index (κ3) is 2.33. The molecule has 0 aliphatic carbocycles. The minimum atomic E-state index is -2.59. The molecule has 1 rings (SSSR count). The first kappa shape index (κ1) is 11.7. The van der Waals surface area contributed by atoms with Crippen LogP contribution in [0.5, 0.6) is 5.88 Å². The molecule has 0 aromatic carbocycles. The minimum absolute atomic E-state index is 0.00171. The number of ether oxygens (including phenoxy) is 1. The maximum Gasteiger partial charge on any atom is 0.264 e. The number of hydrogen-bond donors (Lipinski definition) is 0. The van der Waals surface area contributed by atoms with Crippen LogP contribution in [0.2, 0.25) is 5.15 Å². The second-order valence-electron chi connectivity index (χ2n) is 2.46. The molecule has 78 valence electrons. The standard InChI is InChI=1S/C8H7BrClF2NO/c1-14-8-5(3-9)4(7(11)12)2-6(10)13-8/h2,7H,3H2,1H3. The third-order valence-corrected chi connectivity index (χ3v) is 2.41. The van der Waals surface area contributed by atoms with Crippen molar-refractivity contribution in [1.82, 2.24) is 4.98 Å². The van der Waals surface area contributed by atoms with E-state index in [1.54, 1.807) is 0 Å². The number of alkyl halides is 3. The zero-order valence-corrected chi connectivity index (χ0v) is 9.57. The van der Waals surface area contributed by atoms with Gasteiger partial charge in [0, 0.05) is 16.5 Å². The molecule has 0 N–H and O–H groups in total. The van der Waals surface area contributed by atoms with Gasteiger partial charge in [-0.3, -0.25) is 0 Å². The van der Waals surface area contributed by atoms with Crippen LogP contribution in [0.1, 0.15) is 17.6 Å². The highest BCUT2D eigenvalue weighted by Gasteiger charge is 2.18. The van der Waals surface area contributed by atoms with Crippen molar-refractivity contribution >= 4 is 27.5 Å². The van der Waals surface area contributed by atoms with Gasteiger partial charge in [0.25, 0.3) is 6.43 Å². The molecular weight excluding hydrogens is 279 g/mol. The molecule has 0 fully saturated rings. The van der Waals surface area contributed by atoms with Crippen molar-refractivity contribution in [3.8, 4) is 5.88 Å². The lowest BCUT2D eigenvalue weighted by molar-refractivity contribution is 0.150. The summed E-state index contributed by atoms with van der Waals surface area (Å²) in [4.78, 5) is 3.79. The molecule has 0 saturated heterocycles. The summed E-state index contributed by atoms with van der Waals surface area (Å²) in [6.45, 7) is 0. The SMILES string of the molecule is COc1nc(Cl)cc(C(F)F)c1CBr. The highest BCUT2D eigenvalue weighted by atomic mass is 79.9. The monoisotopic (exact) mass is 285 g/mol. The average molecular weight is 287 g/mol. The van der Waals surface area contributed by atoms with Gasteiger partial charge in [0.05, 0.1) is 7.11 Å². The first-order valence-electron chi connectivity index (χ1n) is 3.67. The van der Waals surface area contributed by atoms with Gasteiger partial charge < -0.3 is 4.74 Å². The second-order valence-corrected chi connectivity index (χ2v) is 3.40. The Morgan fingerprint density at radius 3 is 2.71 bits per heavy atom. The molecular formula is C8H7BrClF2NO. The lowest BCUT2D eigenvalue weighted by Crippen LogP contribution is -1.99. The number of nitrogens with zero attached hydrogens (tertiary/aromatic N) is 1. The molecule has 0 unspecified atom stereocenters. The first-order chi connectivity index (χ1) is 6.60. The zero-order chi connectivity index (χ0) is 10.7. The highest BCUT2D eigenvalue weighted by Crippen LogP contribution is 2.32. The van der Waals surface area contributed by atoms with Crippen molar-refractivity contribution in [3.05, 3.63) is 22.3 Å². The van der Waals surface area contributed by atoms with Gasteiger partial charge in [0.2, 0.25) is 5.88 Å². The number of hydrogen-bond acceptors (Lipinski definition) is 2. The minimum Gasteiger partial charge on any atom is -0.481 e. The van der Waals surface area contributed by atoms with Crippen molar-refractivity contribution in [2.24, 2.45) is 0 Å². The summed E-state index contributed by atoms with van der Waals surface area (Å²) in [7, 11) is 1.36. The summed E-state index contributed by atoms with van der Waals surface area (Å²) in [5.74, 6) is 0.129. The average Bonchev–Trinajstić information content (AvgIpc) is 2.16. The van der Waals surface area contributed by atoms with Gasteiger partial charge >= 0.3 is 0 Å². The van der Waals surface area contributed by atoms with Crippen LogP contribution < -0.4 is 4.74 Å². The fourth-order valence-electron chi connectivity index (χ4n) is 1.03. The molecule has 1 heterocycles. The van der Waals surface area contributed by atoms with Gasteiger partial charge in [-0.15, -0.1) is 0 Å². The smallest absolute Gasteiger partial charge is 0.264 e. The van der Waals surface area contributed by atoms with Gasteiger partial charge in [-0.2, -0.15) is 0 Å². The van der Waals surface area contributed by atoms with E-state index >= 15 is 0 Å². The van der Waals surface area contributed by atoms with Crippen molar-refractivity contribution in [2.45, 2.75) is 11.8 Å². The van der Waals surface area contributed by atoms with Crippen LogP contribution >= 0.6 is 27.5 Å². The van der Waals surface area contributed by atoms with Crippen LogP contribution in [-0.4, -0.2) is 12.1 Å². The van der Waals surface area contributed by atoms with Gasteiger partial charge in [0.1, 0.15) is 5.15 Å². The molecule has 0 aliphatic heterocycles. The number of pyridine rings is 1. The molecule has 0 spiro atoms. The Morgan fingerprint density at radius 1 is 1.64 bits per heavy atom.